The van der Waals surface area contributed by atoms with Crippen molar-refractivity contribution in [1.82, 2.24) is 10.2 Å². The summed E-state index contributed by atoms with van der Waals surface area (Å²) in [5.74, 6) is 0.738. The van der Waals surface area contributed by atoms with Gasteiger partial charge in [-0.15, -0.1) is 0 Å². The summed E-state index contributed by atoms with van der Waals surface area (Å²) < 4.78 is 11.6. The maximum absolute atomic E-state index is 13.1. The summed E-state index contributed by atoms with van der Waals surface area (Å²) in [6.45, 7) is 2.43. The number of aliphatic hydroxyl groups is 1. The fourth-order valence-corrected chi connectivity index (χ4v) is 5.20. The molecule has 2 aromatic carbocycles. The number of nitrogens with one attached hydrogen (secondary N) is 1. The number of hydrogen-bond donors (Lipinski definition) is 2. The van der Waals surface area contributed by atoms with E-state index in [9.17, 15) is 9.90 Å². The molecule has 0 aromatic heterocycles. The van der Waals surface area contributed by atoms with Crippen LogP contribution in [0.5, 0.6) is 0 Å². The number of rotatable bonds is 9. The number of allylic oxidation sites excluding steroid dienone is 4. The summed E-state index contributed by atoms with van der Waals surface area (Å²) in [7, 11) is 0. The molecule has 1 amide bonds. The van der Waals surface area contributed by atoms with Crippen LogP contribution in [-0.4, -0.2) is 47.7 Å². The maximum Gasteiger partial charge on any atom is 0.224 e. The molecule has 0 radical (unpaired) electrons. The molecular formula is C31H33ClN2O4. The van der Waals surface area contributed by atoms with Crippen molar-refractivity contribution in [2.45, 2.75) is 44.2 Å². The van der Waals surface area contributed by atoms with Crippen molar-refractivity contribution in [2.75, 3.05) is 19.6 Å². The molecule has 198 valence electrons. The lowest BCUT2D eigenvalue weighted by Crippen LogP contribution is -2.51. The first-order valence-corrected chi connectivity index (χ1v) is 13.6. The van der Waals surface area contributed by atoms with E-state index >= 15 is 0 Å². The number of nitrogens with zero attached hydrogens (tertiary/aromatic N) is 1. The number of likely N-dealkylation sites (tertiary alicyclic amines) is 1. The van der Waals surface area contributed by atoms with Crippen molar-refractivity contribution in [2.24, 2.45) is 0 Å². The Balaban J connectivity index is 1.24. The van der Waals surface area contributed by atoms with Crippen LogP contribution in [0.25, 0.3) is 11.1 Å². The van der Waals surface area contributed by atoms with Gasteiger partial charge in [-0.25, -0.2) is 0 Å². The van der Waals surface area contributed by atoms with Crippen molar-refractivity contribution in [3.8, 4) is 11.1 Å². The van der Waals surface area contributed by atoms with E-state index in [0.29, 0.717) is 23.1 Å². The molecule has 3 aliphatic rings. The zero-order valence-electron chi connectivity index (χ0n) is 21.3. The fraction of sp³-hybridized carbons (Fsp3) is 0.323. The summed E-state index contributed by atoms with van der Waals surface area (Å²) in [5.41, 5.74) is 3.97. The Morgan fingerprint density at radius 3 is 2.63 bits per heavy atom. The summed E-state index contributed by atoms with van der Waals surface area (Å²) in [4.78, 5) is 15.4. The third-order valence-corrected chi connectivity index (χ3v) is 7.30. The third-order valence-electron chi connectivity index (χ3n) is 7.07. The van der Waals surface area contributed by atoms with Crippen LogP contribution in [-0.2, 0) is 20.7 Å². The number of carbonyl (C=O) groups excluding carboxylic acids is 1. The monoisotopic (exact) mass is 532 g/mol. The number of halogens is 1. The molecule has 2 aliphatic heterocycles. The van der Waals surface area contributed by atoms with E-state index in [1.807, 2.05) is 60.7 Å². The SMILES string of the molecule is O=C(Cc1ccc(-c2cccc(Cl)c2)cc1)N[C@H](CN1CCCC1)[C@@H](O)C1=COC=C(C2=CC=CCC2)O1. The molecule has 1 fully saturated rings. The summed E-state index contributed by atoms with van der Waals surface area (Å²) in [5, 5.41) is 15.1. The number of aliphatic hydroxyl groups excluding tert-OH is 1. The molecule has 2 heterocycles. The third kappa shape index (κ3) is 6.76. The van der Waals surface area contributed by atoms with Crippen molar-refractivity contribution in [3.63, 3.8) is 0 Å². The van der Waals surface area contributed by atoms with E-state index in [4.69, 9.17) is 21.1 Å². The smallest absolute Gasteiger partial charge is 0.224 e. The van der Waals surface area contributed by atoms with E-state index in [1.54, 1.807) is 6.26 Å². The van der Waals surface area contributed by atoms with E-state index < -0.39 is 12.1 Å². The van der Waals surface area contributed by atoms with Gasteiger partial charge in [0.15, 0.2) is 11.5 Å². The predicted molar refractivity (Wildman–Crippen MR) is 149 cm³/mol. The minimum absolute atomic E-state index is 0.156. The minimum atomic E-state index is -1.05. The molecule has 2 atom stereocenters. The average molecular weight is 533 g/mol. The Labute approximate surface area is 228 Å². The van der Waals surface area contributed by atoms with Gasteiger partial charge in [0.25, 0.3) is 0 Å². The molecule has 2 aromatic rings. The van der Waals surface area contributed by atoms with Crippen molar-refractivity contribution in [1.29, 1.82) is 0 Å². The predicted octanol–water partition coefficient (Wildman–Crippen LogP) is 5.50. The van der Waals surface area contributed by atoms with E-state index in [-0.39, 0.29) is 12.3 Å². The molecule has 0 bridgehead atoms. The van der Waals surface area contributed by atoms with Gasteiger partial charge in [-0.2, -0.15) is 0 Å². The Bertz CT molecular complexity index is 1260. The fourth-order valence-electron chi connectivity index (χ4n) is 5.01. The number of amides is 1. The van der Waals surface area contributed by atoms with Gasteiger partial charge in [0.05, 0.1) is 12.5 Å². The van der Waals surface area contributed by atoms with E-state index in [2.05, 4.69) is 16.3 Å². The van der Waals surface area contributed by atoms with Crippen LogP contribution in [0.4, 0.5) is 0 Å². The normalized spacial score (nSPS) is 18.9. The van der Waals surface area contributed by atoms with Gasteiger partial charge in [0.2, 0.25) is 5.91 Å². The van der Waals surface area contributed by atoms with Crippen molar-refractivity contribution >= 4 is 17.5 Å². The maximum atomic E-state index is 13.1. The molecule has 0 saturated carbocycles. The zero-order chi connectivity index (χ0) is 26.3. The standard InChI is InChI=1S/C31H33ClN2O4/c32-26-10-6-9-25(18-26)23-13-11-22(12-14-23)17-30(35)33-27(19-34-15-4-5-16-34)31(36)29-21-37-20-28(38-29)24-7-2-1-3-8-24/h1-2,6-7,9-14,18,20-21,27,31,36H,3-5,8,15-17,19H2,(H,33,35)/t27-,31-/m1/s1. The zero-order valence-corrected chi connectivity index (χ0v) is 22.1. The quantitative estimate of drug-likeness (QED) is 0.446. The summed E-state index contributed by atoms with van der Waals surface area (Å²) in [6.07, 6.45) is 12.2. The first-order valence-electron chi connectivity index (χ1n) is 13.2. The van der Waals surface area contributed by atoms with Crippen LogP contribution >= 0.6 is 11.6 Å². The molecule has 7 heteroatoms. The highest BCUT2D eigenvalue weighted by Gasteiger charge is 2.31. The molecule has 1 saturated heterocycles. The second-order valence-electron chi connectivity index (χ2n) is 9.91. The van der Waals surface area contributed by atoms with Crippen LogP contribution in [0.3, 0.4) is 0 Å². The van der Waals surface area contributed by atoms with Gasteiger partial charge in [-0.3, -0.25) is 4.79 Å². The molecular weight excluding hydrogens is 500 g/mol. The van der Waals surface area contributed by atoms with Crippen LogP contribution in [0.1, 0.15) is 31.2 Å². The summed E-state index contributed by atoms with van der Waals surface area (Å²) in [6, 6.07) is 15.0. The lowest BCUT2D eigenvalue weighted by molar-refractivity contribution is -0.122. The Kier molecular flexibility index (Phi) is 8.64. The minimum Gasteiger partial charge on any atom is -0.465 e. The number of carbonyl (C=O) groups is 1. The van der Waals surface area contributed by atoms with Crippen LogP contribution in [0.15, 0.2) is 96.4 Å². The molecule has 0 spiro atoms. The Morgan fingerprint density at radius 1 is 1.08 bits per heavy atom. The lowest BCUT2D eigenvalue weighted by Gasteiger charge is -2.31. The highest BCUT2D eigenvalue weighted by atomic mass is 35.5. The van der Waals surface area contributed by atoms with Gasteiger partial charge in [-0.1, -0.05) is 66.2 Å². The molecule has 5 rings (SSSR count). The van der Waals surface area contributed by atoms with Crippen LogP contribution in [0.2, 0.25) is 5.02 Å². The van der Waals surface area contributed by atoms with Gasteiger partial charge in [-0.05, 0) is 73.2 Å². The number of benzene rings is 2. The van der Waals surface area contributed by atoms with Crippen LogP contribution in [0, 0.1) is 0 Å². The first-order chi connectivity index (χ1) is 18.5. The van der Waals surface area contributed by atoms with Gasteiger partial charge < -0.3 is 24.8 Å². The number of hydrogen-bond acceptors (Lipinski definition) is 5. The average Bonchev–Trinajstić information content (AvgIpc) is 3.46. The second-order valence-corrected chi connectivity index (χ2v) is 10.3. The second kappa shape index (κ2) is 12.5. The topological polar surface area (TPSA) is 71.0 Å². The van der Waals surface area contributed by atoms with E-state index in [0.717, 1.165) is 61.0 Å². The molecule has 38 heavy (non-hydrogen) atoms. The van der Waals surface area contributed by atoms with Crippen molar-refractivity contribution in [3.05, 3.63) is 107 Å². The van der Waals surface area contributed by atoms with Gasteiger partial charge >= 0.3 is 0 Å². The largest absolute Gasteiger partial charge is 0.465 e. The molecule has 0 unspecified atom stereocenters. The van der Waals surface area contributed by atoms with E-state index in [1.165, 1.54) is 6.26 Å². The van der Waals surface area contributed by atoms with Crippen molar-refractivity contribution < 1.29 is 19.4 Å². The Hall–Kier alpha value is -3.32. The Morgan fingerprint density at radius 2 is 1.89 bits per heavy atom. The lowest BCUT2D eigenvalue weighted by atomic mass is 10.0. The highest BCUT2D eigenvalue weighted by molar-refractivity contribution is 6.30. The van der Waals surface area contributed by atoms with Crippen LogP contribution < -0.4 is 5.32 Å². The van der Waals surface area contributed by atoms with Gasteiger partial charge in [0, 0.05) is 11.6 Å². The molecule has 6 nitrogen and oxygen atoms in total. The molecule has 1 aliphatic carbocycles. The summed E-state index contributed by atoms with van der Waals surface area (Å²) >= 11 is 6.13. The number of ether oxygens (including phenoxy) is 2. The van der Waals surface area contributed by atoms with Gasteiger partial charge in [0.1, 0.15) is 18.6 Å². The molecule has 2 N–H and O–H groups in total. The highest BCUT2D eigenvalue weighted by Crippen LogP contribution is 2.28. The first kappa shape index (κ1) is 26.3.